The standard InChI is InChI=1S/C15H21NO3/c1-3-12-13-6-4-5-7-14(13)19-15(12)10(2)16-11(8-17)9-18/h4-7,10-11,16-18H,3,8-9H2,1-2H3. The van der Waals surface area contributed by atoms with Crippen molar-refractivity contribution in [1.82, 2.24) is 5.32 Å². The van der Waals surface area contributed by atoms with E-state index in [9.17, 15) is 0 Å². The molecule has 1 aromatic carbocycles. The van der Waals surface area contributed by atoms with Crippen LogP contribution in [0.15, 0.2) is 28.7 Å². The number of hydrogen-bond donors (Lipinski definition) is 3. The fourth-order valence-electron chi connectivity index (χ4n) is 2.42. The summed E-state index contributed by atoms with van der Waals surface area (Å²) in [6, 6.07) is 7.60. The van der Waals surface area contributed by atoms with E-state index in [2.05, 4.69) is 18.3 Å². The van der Waals surface area contributed by atoms with Crippen LogP contribution < -0.4 is 5.32 Å². The number of benzene rings is 1. The number of nitrogens with one attached hydrogen (secondary N) is 1. The molecule has 4 nitrogen and oxygen atoms in total. The molecule has 2 aromatic rings. The van der Waals surface area contributed by atoms with Crippen LogP contribution >= 0.6 is 0 Å². The molecule has 0 fully saturated rings. The first-order chi connectivity index (χ1) is 9.21. The van der Waals surface area contributed by atoms with E-state index in [1.165, 1.54) is 5.56 Å². The molecule has 4 heteroatoms. The number of hydrogen-bond acceptors (Lipinski definition) is 4. The Morgan fingerprint density at radius 3 is 2.53 bits per heavy atom. The van der Waals surface area contributed by atoms with E-state index in [0.29, 0.717) is 0 Å². The smallest absolute Gasteiger partial charge is 0.134 e. The summed E-state index contributed by atoms with van der Waals surface area (Å²) >= 11 is 0. The molecule has 0 saturated heterocycles. The van der Waals surface area contributed by atoms with Gasteiger partial charge in [0.25, 0.3) is 0 Å². The molecule has 0 aliphatic rings. The van der Waals surface area contributed by atoms with Gasteiger partial charge in [-0.3, -0.25) is 0 Å². The summed E-state index contributed by atoms with van der Waals surface area (Å²) in [6.45, 7) is 3.89. The van der Waals surface area contributed by atoms with Gasteiger partial charge in [0, 0.05) is 10.9 Å². The third-order valence-corrected chi connectivity index (χ3v) is 3.40. The summed E-state index contributed by atoms with van der Waals surface area (Å²) in [7, 11) is 0. The summed E-state index contributed by atoms with van der Waals surface area (Å²) < 4.78 is 5.92. The van der Waals surface area contributed by atoms with Gasteiger partial charge < -0.3 is 19.9 Å². The highest BCUT2D eigenvalue weighted by Gasteiger charge is 2.20. The molecular weight excluding hydrogens is 242 g/mol. The normalized spacial score (nSPS) is 13.3. The van der Waals surface area contributed by atoms with Crippen molar-refractivity contribution in [3.8, 4) is 0 Å². The Balaban J connectivity index is 2.33. The van der Waals surface area contributed by atoms with Crippen molar-refractivity contribution in [2.75, 3.05) is 13.2 Å². The van der Waals surface area contributed by atoms with E-state index in [0.717, 1.165) is 23.2 Å². The van der Waals surface area contributed by atoms with Gasteiger partial charge in [-0.05, 0) is 19.4 Å². The lowest BCUT2D eigenvalue weighted by molar-refractivity contribution is 0.161. The lowest BCUT2D eigenvalue weighted by atomic mass is 10.0. The molecule has 0 aliphatic carbocycles. The van der Waals surface area contributed by atoms with Gasteiger partial charge in [0.05, 0.1) is 25.3 Å². The Kier molecular flexibility index (Phi) is 4.58. The van der Waals surface area contributed by atoms with Crippen molar-refractivity contribution in [2.24, 2.45) is 0 Å². The first-order valence-corrected chi connectivity index (χ1v) is 6.69. The number of aliphatic hydroxyl groups excluding tert-OH is 2. The molecular formula is C15H21NO3. The first kappa shape index (κ1) is 14.1. The van der Waals surface area contributed by atoms with Gasteiger partial charge in [-0.25, -0.2) is 0 Å². The average molecular weight is 263 g/mol. The topological polar surface area (TPSA) is 65.6 Å². The lowest BCUT2D eigenvalue weighted by Gasteiger charge is -2.19. The van der Waals surface area contributed by atoms with Crippen LogP contribution in [0.25, 0.3) is 11.0 Å². The van der Waals surface area contributed by atoms with Crippen molar-refractivity contribution in [1.29, 1.82) is 0 Å². The zero-order chi connectivity index (χ0) is 13.8. The van der Waals surface area contributed by atoms with Gasteiger partial charge in [0.2, 0.25) is 0 Å². The Hall–Kier alpha value is -1.36. The molecule has 104 valence electrons. The van der Waals surface area contributed by atoms with Crippen molar-refractivity contribution < 1.29 is 14.6 Å². The number of rotatable bonds is 6. The van der Waals surface area contributed by atoms with E-state index in [1.807, 2.05) is 25.1 Å². The zero-order valence-electron chi connectivity index (χ0n) is 11.4. The highest BCUT2D eigenvalue weighted by Crippen LogP contribution is 2.30. The van der Waals surface area contributed by atoms with E-state index >= 15 is 0 Å². The van der Waals surface area contributed by atoms with E-state index in [4.69, 9.17) is 14.6 Å². The summed E-state index contributed by atoms with van der Waals surface area (Å²) in [4.78, 5) is 0. The van der Waals surface area contributed by atoms with Crippen LogP contribution in [0.3, 0.4) is 0 Å². The van der Waals surface area contributed by atoms with Gasteiger partial charge in [-0.15, -0.1) is 0 Å². The Bertz CT molecular complexity index is 531. The van der Waals surface area contributed by atoms with Gasteiger partial charge in [-0.1, -0.05) is 25.1 Å². The van der Waals surface area contributed by atoms with Gasteiger partial charge in [0.15, 0.2) is 0 Å². The van der Waals surface area contributed by atoms with Gasteiger partial charge in [-0.2, -0.15) is 0 Å². The minimum Gasteiger partial charge on any atom is -0.459 e. The predicted molar refractivity (Wildman–Crippen MR) is 75.1 cm³/mol. The maximum atomic E-state index is 9.13. The highest BCUT2D eigenvalue weighted by molar-refractivity contribution is 5.82. The Morgan fingerprint density at radius 2 is 1.89 bits per heavy atom. The first-order valence-electron chi connectivity index (χ1n) is 6.69. The third kappa shape index (κ3) is 2.81. The second-order valence-electron chi connectivity index (χ2n) is 4.75. The molecule has 0 aliphatic heterocycles. The highest BCUT2D eigenvalue weighted by atomic mass is 16.3. The average Bonchev–Trinajstić information content (AvgIpc) is 2.83. The molecule has 19 heavy (non-hydrogen) atoms. The van der Waals surface area contributed by atoms with Gasteiger partial charge >= 0.3 is 0 Å². The van der Waals surface area contributed by atoms with Crippen LogP contribution in [-0.2, 0) is 6.42 Å². The van der Waals surface area contributed by atoms with E-state index < -0.39 is 0 Å². The number of aryl methyl sites for hydroxylation is 1. The minimum atomic E-state index is -0.326. The Labute approximate surface area is 113 Å². The molecule has 0 radical (unpaired) electrons. The molecule has 1 unspecified atom stereocenters. The second kappa shape index (κ2) is 6.19. The zero-order valence-corrected chi connectivity index (χ0v) is 11.4. The molecule has 0 saturated carbocycles. The summed E-state index contributed by atoms with van der Waals surface area (Å²) in [5, 5.41) is 22.6. The maximum absolute atomic E-state index is 9.13. The Morgan fingerprint density at radius 1 is 1.21 bits per heavy atom. The van der Waals surface area contributed by atoms with Crippen molar-refractivity contribution in [3.63, 3.8) is 0 Å². The van der Waals surface area contributed by atoms with Crippen molar-refractivity contribution in [2.45, 2.75) is 32.4 Å². The van der Waals surface area contributed by atoms with Crippen LogP contribution in [0.2, 0.25) is 0 Å². The fraction of sp³-hybridized carbons (Fsp3) is 0.467. The minimum absolute atomic E-state index is 0.0494. The molecule has 1 aromatic heterocycles. The third-order valence-electron chi connectivity index (χ3n) is 3.40. The molecule has 1 atom stereocenters. The molecule has 0 amide bonds. The maximum Gasteiger partial charge on any atom is 0.134 e. The molecule has 1 heterocycles. The van der Waals surface area contributed by atoms with E-state index in [1.54, 1.807) is 0 Å². The number of aliphatic hydroxyl groups is 2. The van der Waals surface area contributed by atoms with Crippen LogP contribution in [-0.4, -0.2) is 29.5 Å². The lowest BCUT2D eigenvalue weighted by Crippen LogP contribution is -2.37. The van der Waals surface area contributed by atoms with Crippen LogP contribution in [0.4, 0.5) is 0 Å². The fourth-order valence-corrected chi connectivity index (χ4v) is 2.42. The van der Waals surface area contributed by atoms with Crippen LogP contribution in [0.5, 0.6) is 0 Å². The van der Waals surface area contributed by atoms with Crippen molar-refractivity contribution in [3.05, 3.63) is 35.6 Å². The summed E-state index contributed by atoms with van der Waals surface area (Å²) in [5.74, 6) is 0.885. The van der Waals surface area contributed by atoms with E-state index in [-0.39, 0.29) is 25.3 Å². The molecule has 0 bridgehead atoms. The predicted octanol–water partition coefficient (Wildman–Crippen LogP) is 2.00. The molecule has 0 spiro atoms. The van der Waals surface area contributed by atoms with Gasteiger partial charge in [0.1, 0.15) is 11.3 Å². The van der Waals surface area contributed by atoms with Crippen LogP contribution in [0.1, 0.15) is 31.2 Å². The largest absolute Gasteiger partial charge is 0.459 e. The van der Waals surface area contributed by atoms with Crippen LogP contribution in [0, 0.1) is 0 Å². The number of fused-ring (bicyclic) bond motifs is 1. The summed E-state index contributed by atoms with van der Waals surface area (Å²) in [5.41, 5.74) is 2.07. The SMILES string of the molecule is CCc1c(C(C)NC(CO)CO)oc2ccccc12. The monoisotopic (exact) mass is 263 g/mol. The summed E-state index contributed by atoms with van der Waals surface area (Å²) in [6.07, 6.45) is 0.890. The molecule has 2 rings (SSSR count). The van der Waals surface area contributed by atoms with Crippen molar-refractivity contribution >= 4 is 11.0 Å². The second-order valence-corrected chi connectivity index (χ2v) is 4.75. The number of para-hydroxylation sites is 1. The molecule has 3 N–H and O–H groups in total. The number of furan rings is 1. The quantitative estimate of drug-likeness (QED) is 0.746.